The summed E-state index contributed by atoms with van der Waals surface area (Å²) in [7, 11) is -2.04. The van der Waals surface area contributed by atoms with Gasteiger partial charge in [-0.1, -0.05) is 12.1 Å². The molecule has 5 rings (SSSR count). The Morgan fingerprint density at radius 3 is 2.41 bits per heavy atom. The maximum Gasteiger partial charge on any atom is 0.420 e. The summed E-state index contributed by atoms with van der Waals surface area (Å²) < 4.78 is 44.5. The molecule has 13 heteroatoms. The Hall–Kier alpha value is -4.36. The number of benzene rings is 2. The highest BCUT2D eigenvalue weighted by Gasteiger charge is 2.25. The molecule has 0 atom stereocenters. The minimum atomic E-state index is -3.62. The van der Waals surface area contributed by atoms with Gasteiger partial charge in [-0.2, -0.15) is 9.97 Å². The lowest BCUT2D eigenvalue weighted by Crippen LogP contribution is -2.36. The molecule has 0 saturated carbocycles. The van der Waals surface area contributed by atoms with Crippen LogP contribution in [0.15, 0.2) is 59.6 Å². The summed E-state index contributed by atoms with van der Waals surface area (Å²) >= 11 is 0. The number of ether oxygens (including phenoxy) is 3. The number of para-hydroxylation sites is 1. The van der Waals surface area contributed by atoms with Crippen molar-refractivity contribution in [3.8, 4) is 5.75 Å². The smallest absolute Gasteiger partial charge is 0.420 e. The van der Waals surface area contributed by atoms with Gasteiger partial charge in [0.15, 0.2) is 15.5 Å². The monoisotopic (exact) mass is 622 g/mol. The van der Waals surface area contributed by atoms with Gasteiger partial charge in [0.25, 0.3) is 0 Å². The van der Waals surface area contributed by atoms with Gasteiger partial charge in [-0.15, -0.1) is 0 Å². The number of anilines is 5. The van der Waals surface area contributed by atoms with E-state index in [0.717, 1.165) is 18.8 Å². The average Bonchev–Trinajstić information content (AvgIpc) is 3.42. The number of nitrogens with one attached hydrogen (secondary N) is 2. The van der Waals surface area contributed by atoms with E-state index in [4.69, 9.17) is 19.2 Å². The molecule has 0 amide bonds. The molecular formula is C31H38N6O6S. The number of hydrogen-bond donors (Lipinski definition) is 2. The molecule has 0 spiro atoms. The average molecular weight is 623 g/mol. The summed E-state index contributed by atoms with van der Waals surface area (Å²) in [4.78, 5) is 24.9. The second-order valence-corrected chi connectivity index (χ2v) is 14.1. The van der Waals surface area contributed by atoms with Gasteiger partial charge in [0.2, 0.25) is 5.95 Å². The number of hydrogen-bond acceptors (Lipinski definition) is 11. The Balaban J connectivity index is 1.59. The van der Waals surface area contributed by atoms with Crippen LogP contribution in [0, 0.1) is 0 Å². The fraction of sp³-hybridized carbons (Fsp3) is 0.387. The first-order valence-electron chi connectivity index (χ1n) is 14.4. The molecule has 0 bridgehead atoms. The fourth-order valence-corrected chi connectivity index (χ4v) is 5.95. The Morgan fingerprint density at radius 2 is 1.73 bits per heavy atom. The van der Waals surface area contributed by atoms with E-state index in [9.17, 15) is 13.2 Å². The standard InChI is InChI=1S/C31H38N6O6S/c1-20(2)44(39,40)26-10-8-7-9-24(26)32-27-22-13-14-37(30(38)43-31(3,4)5)28(22)35-29(34-27)33-23-12-11-21(19-25(23)41-6)36-15-17-42-18-16-36/h7-14,19-20H,15-18H2,1-6H3,(H2,32,33,34,35). The molecule has 0 radical (unpaired) electrons. The first kappa shape index (κ1) is 31.1. The molecule has 0 unspecified atom stereocenters. The molecular weight excluding hydrogens is 584 g/mol. The highest BCUT2D eigenvalue weighted by Crippen LogP contribution is 2.35. The van der Waals surface area contributed by atoms with Crippen LogP contribution >= 0.6 is 0 Å². The van der Waals surface area contributed by atoms with Gasteiger partial charge in [0, 0.05) is 31.0 Å². The number of sulfone groups is 1. The topological polar surface area (TPSA) is 137 Å². The molecule has 44 heavy (non-hydrogen) atoms. The maximum absolute atomic E-state index is 13.2. The SMILES string of the molecule is COc1cc(N2CCOCC2)ccc1Nc1nc(Nc2ccccc2S(=O)(=O)C(C)C)c2ccn(C(=O)OC(C)(C)C)c2n1. The van der Waals surface area contributed by atoms with Crippen molar-refractivity contribution in [2.24, 2.45) is 0 Å². The van der Waals surface area contributed by atoms with E-state index in [1.807, 2.05) is 18.2 Å². The molecule has 3 heterocycles. The van der Waals surface area contributed by atoms with Gasteiger partial charge in [0.05, 0.1) is 47.2 Å². The largest absolute Gasteiger partial charge is 0.494 e. The van der Waals surface area contributed by atoms with Crippen LogP contribution < -0.4 is 20.3 Å². The van der Waals surface area contributed by atoms with Crippen LogP contribution in [-0.2, 0) is 19.3 Å². The fourth-order valence-electron chi connectivity index (χ4n) is 4.75. The summed E-state index contributed by atoms with van der Waals surface area (Å²) in [5, 5.41) is 6.29. The summed E-state index contributed by atoms with van der Waals surface area (Å²) in [6.07, 6.45) is 0.940. The Morgan fingerprint density at radius 1 is 1.00 bits per heavy atom. The second kappa shape index (κ2) is 12.3. The van der Waals surface area contributed by atoms with Crippen molar-refractivity contribution in [3.05, 3.63) is 54.7 Å². The highest BCUT2D eigenvalue weighted by atomic mass is 32.2. The van der Waals surface area contributed by atoms with Crippen LogP contribution in [0.5, 0.6) is 5.75 Å². The maximum atomic E-state index is 13.2. The van der Waals surface area contributed by atoms with Crippen LogP contribution in [0.4, 0.5) is 33.6 Å². The van der Waals surface area contributed by atoms with Gasteiger partial charge in [0.1, 0.15) is 17.2 Å². The molecule has 234 valence electrons. The lowest BCUT2D eigenvalue weighted by Gasteiger charge is -2.29. The second-order valence-electron chi connectivity index (χ2n) is 11.6. The van der Waals surface area contributed by atoms with Crippen LogP contribution in [-0.4, -0.2) is 73.3 Å². The number of fused-ring (bicyclic) bond motifs is 1. The van der Waals surface area contributed by atoms with E-state index >= 15 is 0 Å². The molecule has 2 aromatic heterocycles. The molecule has 2 aromatic carbocycles. The Labute approximate surface area is 257 Å². The highest BCUT2D eigenvalue weighted by molar-refractivity contribution is 7.92. The van der Waals surface area contributed by atoms with Crippen LogP contribution in [0.1, 0.15) is 34.6 Å². The Bertz CT molecular complexity index is 1770. The number of carbonyl (C=O) groups excluding carboxylic acids is 1. The molecule has 1 aliphatic heterocycles. The van der Waals surface area contributed by atoms with Gasteiger partial charge in [-0.05, 0) is 65.0 Å². The molecule has 1 saturated heterocycles. The van der Waals surface area contributed by atoms with E-state index in [2.05, 4.69) is 20.5 Å². The summed E-state index contributed by atoms with van der Waals surface area (Å²) in [6.45, 7) is 11.5. The third-order valence-corrected chi connectivity index (χ3v) is 9.22. The van der Waals surface area contributed by atoms with E-state index in [1.54, 1.807) is 78.3 Å². The normalized spacial score (nSPS) is 14.1. The third kappa shape index (κ3) is 6.58. The van der Waals surface area contributed by atoms with Gasteiger partial charge in [-0.25, -0.2) is 17.8 Å². The van der Waals surface area contributed by atoms with E-state index in [-0.39, 0.29) is 16.5 Å². The van der Waals surface area contributed by atoms with Crippen LogP contribution in [0.2, 0.25) is 0 Å². The predicted octanol–water partition coefficient (Wildman–Crippen LogP) is 5.73. The van der Waals surface area contributed by atoms with E-state index in [1.165, 1.54) is 4.57 Å². The molecule has 1 fully saturated rings. The van der Waals surface area contributed by atoms with Crippen molar-refractivity contribution < 1.29 is 27.4 Å². The first-order chi connectivity index (χ1) is 20.9. The summed E-state index contributed by atoms with van der Waals surface area (Å²) in [5.41, 5.74) is 1.49. The van der Waals surface area contributed by atoms with Crippen molar-refractivity contribution in [3.63, 3.8) is 0 Å². The molecule has 4 aromatic rings. The van der Waals surface area contributed by atoms with Gasteiger partial charge >= 0.3 is 6.09 Å². The lowest BCUT2D eigenvalue weighted by molar-refractivity contribution is 0.0543. The van der Waals surface area contributed by atoms with Crippen LogP contribution in [0.25, 0.3) is 11.0 Å². The van der Waals surface area contributed by atoms with Gasteiger partial charge in [-0.3, -0.25) is 0 Å². The number of rotatable bonds is 8. The predicted molar refractivity (Wildman–Crippen MR) is 171 cm³/mol. The lowest BCUT2D eigenvalue weighted by atomic mass is 10.2. The van der Waals surface area contributed by atoms with Crippen molar-refractivity contribution in [2.75, 3.05) is 48.9 Å². The van der Waals surface area contributed by atoms with Crippen molar-refractivity contribution >= 4 is 55.8 Å². The van der Waals surface area contributed by atoms with E-state index < -0.39 is 26.8 Å². The van der Waals surface area contributed by atoms with Crippen molar-refractivity contribution in [1.29, 1.82) is 0 Å². The number of morpholine rings is 1. The number of nitrogens with zero attached hydrogens (tertiary/aromatic N) is 4. The number of carbonyl (C=O) groups is 1. The molecule has 2 N–H and O–H groups in total. The zero-order valence-corrected chi connectivity index (χ0v) is 26.6. The zero-order valence-electron chi connectivity index (χ0n) is 25.7. The molecule has 12 nitrogen and oxygen atoms in total. The van der Waals surface area contributed by atoms with Crippen molar-refractivity contribution in [1.82, 2.24) is 14.5 Å². The van der Waals surface area contributed by atoms with Crippen molar-refractivity contribution in [2.45, 2.75) is 50.4 Å². The molecule has 1 aliphatic rings. The minimum absolute atomic E-state index is 0.142. The number of methoxy groups -OCH3 is 1. The number of aromatic nitrogens is 3. The summed E-state index contributed by atoms with van der Waals surface area (Å²) in [5.74, 6) is 1.03. The summed E-state index contributed by atoms with van der Waals surface area (Å²) in [6, 6.07) is 14.1. The minimum Gasteiger partial charge on any atom is -0.494 e. The molecule has 0 aliphatic carbocycles. The third-order valence-electron chi connectivity index (χ3n) is 7.01. The first-order valence-corrected chi connectivity index (χ1v) is 15.9. The quantitative estimate of drug-likeness (QED) is 0.249. The van der Waals surface area contributed by atoms with Gasteiger partial charge < -0.3 is 29.7 Å². The van der Waals surface area contributed by atoms with E-state index in [0.29, 0.717) is 41.5 Å². The Kier molecular flexibility index (Phi) is 8.71. The zero-order chi connectivity index (χ0) is 31.6. The van der Waals surface area contributed by atoms with Crippen LogP contribution in [0.3, 0.4) is 0 Å².